The normalized spacial score (nSPS) is 12.8. The predicted octanol–water partition coefficient (Wildman–Crippen LogP) is 13.6. The highest BCUT2D eigenvalue weighted by Gasteiger charge is 2.35. The second-order valence-corrected chi connectivity index (χ2v) is 15.7. The number of hydrogen-bond donors (Lipinski definition) is 0. The molecule has 58 heavy (non-hydrogen) atoms. The van der Waals surface area contributed by atoms with E-state index < -0.39 is 0 Å². The van der Waals surface area contributed by atoms with E-state index in [-0.39, 0.29) is 5.41 Å². The Balaban J connectivity index is 0.951. The van der Waals surface area contributed by atoms with Crippen LogP contribution in [0.4, 0.5) is 0 Å². The van der Waals surface area contributed by atoms with E-state index in [1.165, 1.54) is 44.1 Å². The minimum absolute atomic E-state index is 0.100. The van der Waals surface area contributed by atoms with E-state index in [1.807, 2.05) is 18.2 Å². The van der Waals surface area contributed by atoms with Crippen LogP contribution in [0.15, 0.2) is 194 Å². The van der Waals surface area contributed by atoms with E-state index in [9.17, 15) is 0 Å². The highest BCUT2D eigenvalue weighted by Crippen LogP contribution is 2.49. The lowest BCUT2D eigenvalue weighted by Crippen LogP contribution is -2.14. The zero-order valence-corrected chi connectivity index (χ0v) is 32.3. The standard InChI is InChI=1S/C54H38N4/c1-54(2)45-20-11-9-18-41(45)42-30-28-39(33-46(42)54)50-34-49(56-53(57-50)37-14-5-3-6-15-37)36-26-24-35(25-27-36)47-21-13-22-48(55-47)38-29-31-52-44(32-38)43-19-10-12-23-51(43)58(52)40-16-7-4-8-17-40/h3-34H,1-2H3. The van der Waals surface area contributed by atoms with Gasteiger partial charge in [0, 0.05) is 49.7 Å². The first-order valence-electron chi connectivity index (χ1n) is 19.9. The summed E-state index contributed by atoms with van der Waals surface area (Å²) in [6.45, 7) is 4.64. The zero-order valence-electron chi connectivity index (χ0n) is 32.3. The van der Waals surface area contributed by atoms with Crippen molar-refractivity contribution in [2.45, 2.75) is 19.3 Å². The molecule has 0 spiro atoms. The molecule has 0 saturated heterocycles. The number of hydrogen-bond acceptors (Lipinski definition) is 3. The topological polar surface area (TPSA) is 43.6 Å². The summed E-state index contributed by atoms with van der Waals surface area (Å²) in [7, 11) is 0. The maximum Gasteiger partial charge on any atom is 0.160 e. The summed E-state index contributed by atoms with van der Waals surface area (Å²) in [6, 6.07) is 68.7. The minimum atomic E-state index is -0.100. The lowest BCUT2D eigenvalue weighted by Gasteiger charge is -2.22. The summed E-state index contributed by atoms with van der Waals surface area (Å²) in [5.41, 5.74) is 17.6. The third kappa shape index (κ3) is 5.56. The van der Waals surface area contributed by atoms with Gasteiger partial charge in [-0.1, -0.05) is 153 Å². The maximum absolute atomic E-state index is 5.20. The molecule has 0 saturated carbocycles. The molecule has 0 fully saturated rings. The Kier molecular flexibility index (Phi) is 7.80. The highest BCUT2D eigenvalue weighted by atomic mass is 15.0. The van der Waals surface area contributed by atoms with Crippen molar-refractivity contribution in [3.05, 3.63) is 205 Å². The largest absolute Gasteiger partial charge is 0.309 e. The molecule has 0 unspecified atom stereocenters. The smallest absolute Gasteiger partial charge is 0.160 e. The third-order valence-electron chi connectivity index (χ3n) is 11.8. The first kappa shape index (κ1) is 33.9. The Morgan fingerprint density at radius 2 is 0.931 bits per heavy atom. The van der Waals surface area contributed by atoms with Gasteiger partial charge in [-0.15, -0.1) is 0 Å². The SMILES string of the molecule is CC1(C)c2ccccc2-c2ccc(-c3cc(-c4ccc(-c5cccc(-c6ccc7c(c6)c6ccccc6n7-c6ccccc6)n5)cc4)nc(-c4ccccc4)n3)cc21. The Morgan fingerprint density at radius 1 is 0.362 bits per heavy atom. The van der Waals surface area contributed by atoms with E-state index in [0.717, 1.165) is 56.3 Å². The first-order chi connectivity index (χ1) is 28.5. The van der Waals surface area contributed by atoms with Crippen LogP contribution in [0.3, 0.4) is 0 Å². The van der Waals surface area contributed by atoms with Gasteiger partial charge in [0.15, 0.2) is 5.82 Å². The van der Waals surface area contributed by atoms with Gasteiger partial charge in [-0.25, -0.2) is 15.0 Å². The fraction of sp³-hybridized carbons (Fsp3) is 0.0556. The first-order valence-corrected chi connectivity index (χ1v) is 19.9. The number of nitrogens with zero attached hydrogens (tertiary/aromatic N) is 4. The van der Waals surface area contributed by atoms with Crippen molar-refractivity contribution >= 4 is 21.8 Å². The maximum atomic E-state index is 5.20. The average Bonchev–Trinajstić information content (AvgIpc) is 3.74. The summed E-state index contributed by atoms with van der Waals surface area (Å²) in [5.74, 6) is 0.707. The molecule has 4 heteroatoms. The number of aromatic nitrogens is 4. The van der Waals surface area contributed by atoms with Gasteiger partial charge in [0.25, 0.3) is 0 Å². The Bertz CT molecular complexity index is 3180. The fourth-order valence-electron chi connectivity index (χ4n) is 8.88. The van der Waals surface area contributed by atoms with Crippen molar-refractivity contribution in [1.29, 1.82) is 0 Å². The molecule has 0 amide bonds. The summed E-state index contributed by atoms with van der Waals surface area (Å²) >= 11 is 0. The summed E-state index contributed by atoms with van der Waals surface area (Å²) in [4.78, 5) is 15.5. The Labute approximate surface area is 337 Å². The average molecular weight is 743 g/mol. The van der Waals surface area contributed by atoms with Crippen molar-refractivity contribution in [3.8, 4) is 73.2 Å². The zero-order chi connectivity index (χ0) is 38.8. The Morgan fingerprint density at radius 3 is 1.72 bits per heavy atom. The summed E-state index contributed by atoms with van der Waals surface area (Å²) < 4.78 is 2.34. The van der Waals surface area contributed by atoms with Gasteiger partial charge in [0.05, 0.1) is 33.8 Å². The highest BCUT2D eigenvalue weighted by molar-refractivity contribution is 6.10. The minimum Gasteiger partial charge on any atom is -0.309 e. The Hall–Kier alpha value is -7.43. The molecule has 3 heterocycles. The lowest BCUT2D eigenvalue weighted by atomic mass is 9.82. The van der Waals surface area contributed by atoms with Crippen LogP contribution in [0, 0.1) is 0 Å². The van der Waals surface area contributed by atoms with Crippen molar-refractivity contribution in [1.82, 2.24) is 19.5 Å². The molecular formula is C54H38N4. The van der Waals surface area contributed by atoms with Crippen LogP contribution in [-0.2, 0) is 5.41 Å². The van der Waals surface area contributed by atoms with Crippen LogP contribution in [0.25, 0.3) is 95.0 Å². The van der Waals surface area contributed by atoms with Crippen molar-refractivity contribution in [2.75, 3.05) is 0 Å². The second-order valence-electron chi connectivity index (χ2n) is 15.7. The lowest BCUT2D eigenvalue weighted by molar-refractivity contribution is 0.660. The molecule has 0 bridgehead atoms. The molecule has 0 atom stereocenters. The van der Waals surface area contributed by atoms with Crippen molar-refractivity contribution in [3.63, 3.8) is 0 Å². The molecule has 0 radical (unpaired) electrons. The number of pyridine rings is 1. The second kappa shape index (κ2) is 13.4. The molecule has 274 valence electrons. The van der Waals surface area contributed by atoms with Crippen LogP contribution < -0.4 is 0 Å². The van der Waals surface area contributed by atoms with Crippen LogP contribution in [0.1, 0.15) is 25.0 Å². The van der Waals surface area contributed by atoms with Gasteiger partial charge in [-0.05, 0) is 76.9 Å². The van der Waals surface area contributed by atoms with E-state index in [0.29, 0.717) is 5.82 Å². The van der Waals surface area contributed by atoms with E-state index in [1.54, 1.807) is 0 Å². The molecule has 0 aliphatic heterocycles. The summed E-state index contributed by atoms with van der Waals surface area (Å²) in [6.07, 6.45) is 0. The van der Waals surface area contributed by atoms with Gasteiger partial charge in [-0.3, -0.25) is 0 Å². The monoisotopic (exact) mass is 742 g/mol. The van der Waals surface area contributed by atoms with E-state index in [2.05, 4.69) is 194 Å². The van der Waals surface area contributed by atoms with Gasteiger partial charge >= 0.3 is 0 Å². The molecule has 3 aromatic heterocycles. The summed E-state index contributed by atoms with van der Waals surface area (Å²) in [5, 5.41) is 2.44. The van der Waals surface area contributed by atoms with Gasteiger partial charge < -0.3 is 4.57 Å². The van der Waals surface area contributed by atoms with Gasteiger partial charge in [-0.2, -0.15) is 0 Å². The third-order valence-corrected chi connectivity index (χ3v) is 11.8. The number of para-hydroxylation sites is 2. The molecule has 0 N–H and O–H groups in total. The molecule has 4 nitrogen and oxygen atoms in total. The van der Waals surface area contributed by atoms with Crippen molar-refractivity contribution < 1.29 is 0 Å². The van der Waals surface area contributed by atoms with Crippen LogP contribution in [-0.4, -0.2) is 19.5 Å². The molecule has 1 aliphatic rings. The van der Waals surface area contributed by atoms with Crippen molar-refractivity contribution in [2.24, 2.45) is 0 Å². The molecule has 10 aromatic rings. The predicted molar refractivity (Wildman–Crippen MR) is 239 cm³/mol. The van der Waals surface area contributed by atoms with Crippen LogP contribution in [0.2, 0.25) is 0 Å². The van der Waals surface area contributed by atoms with Gasteiger partial charge in [0.2, 0.25) is 0 Å². The molecule has 1 aliphatic carbocycles. The van der Waals surface area contributed by atoms with E-state index in [4.69, 9.17) is 15.0 Å². The molecule has 7 aromatic carbocycles. The van der Waals surface area contributed by atoms with Crippen LogP contribution in [0.5, 0.6) is 0 Å². The fourth-order valence-corrected chi connectivity index (χ4v) is 8.88. The van der Waals surface area contributed by atoms with Crippen LogP contribution >= 0.6 is 0 Å². The number of fused-ring (bicyclic) bond motifs is 6. The number of rotatable bonds is 6. The molecular weight excluding hydrogens is 705 g/mol. The molecule has 11 rings (SSSR count). The quantitative estimate of drug-likeness (QED) is 0.170. The number of benzene rings is 7. The van der Waals surface area contributed by atoms with E-state index >= 15 is 0 Å². The van der Waals surface area contributed by atoms with Gasteiger partial charge in [0.1, 0.15) is 0 Å².